The van der Waals surface area contributed by atoms with E-state index in [9.17, 15) is 9.59 Å². The number of carbonyl (C=O) groups is 2. The third-order valence-electron chi connectivity index (χ3n) is 2.81. The maximum absolute atomic E-state index is 12.1. The van der Waals surface area contributed by atoms with E-state index in [1.165, 1.54) is 13.4 Å². The number of ether oxygens (including phenoxy) is 1. The Hall–Kier alpha value is -2.63. The van der Waals surface area contributed by atoms with Crippen LogP contribution >= 0.6 is 0 Å². The Kier molecular flexibility index (Phi) is 4.49. The fourth-order valence-corrected chi connectivity index (χ4v) is 1.78. The van der Waals surface area contributed by atoms with Crippen molar-refractivity contribution < 1.29 is 14.3 Å². The van der Waals surface area contributed by atoms with Gasteiger partial charge in [0.15, 0.2) is 0 Å². The van der Waals surface area contributed by atoms with E-state index in [1.54, 1.807) is 30.5 Å². The lowest BCUT2D eigenvalue weighted by Crippen LogP contribution is -2.43. The van der Waals surface area contributed by atoms with Gasteiger partial charge in [-0.1, -0.05) is 18.2 Å². The maximum Gasteiger partial charge on any atom is 0.328 e. The van der Waals surface area contributed by atoms with Gasteiger partial charge < -0.3 is 15.0 Å². The number of aromatic nitrogens is 2. The third kappa shape index (κ3) is 3.44. The molecule has 1 aromatic carbocycles. The van der Waals surface area contributed by atoms with Crippen LogP contribution in [0.1, 0.15) is 16.1 Å². The minimum atomic E-state index is -0.756. The summed E-state index contributed by atoms with van der Waals surface area (Å²) in [5.74, 6) is -0.815. The summed E-state index contributed by atoms with van der Waals surface area (Å²) in [7, 11) is 1.29. The van der Waals surface area contributed by atoms with Crippen LogP contribution in [-0.2, 0) is 16.0 Å². The normalized spacial score (nSPS) is 11.7. The van der Waals surface area contributed by atoms with Crippen molar-refractivity contribution in [3.63, 3.8) is 0 Å². The van der Waals surface area contributed by atoms with Crippen LogP contribution in [0.5, 0.6) is 0 Å². The second kappa shape index (κ2) is 6.51. The molecule has 0 aliphatic heterocycles. The number of carbonyl (C=O) groups excluding carboxylic acids is 2. The molecule has 0 radical (unpaired) electrons. The Bertz CT molecular complexity index is 567. The highest BCUT2D eigenvalue weighted by molar-refractivity contribution is 5.96. The fourth-order valence-electron chi connectivity index (χ4n) is 1.78. The summed E-state index contributed by atoms with van der Waals surface area (Å²) in [6.45, 7) is 0. The SMILES string of the molecule is COC(=O)[C@@H](Cc1cnc[nH]1)NC(=O)c1ccccc1. The van der Waals surface area contributed by atoms with Crippen LogP contribution in [0.25, 0.3) is 0 Å². The van der Waals surface area contributed by atoms with Crippen molar-refractivity contribution in [1.29, 1.82) is 0 Å². The smallest absolute Gasteiger partial charge is 0.328 e. The van der Waals surface area contributed by atoms with Crippen LogP contribution in [0.3, 0.4) is 0 Å². The highest BCUT2D eigenvalue weighted by Crippen LogP contribution is 2.04. The van der Waals surface area contributed by atoms with Gasteiger partial charge in [-0.3, -0.25) is 4.79 Å². The van der Waals surface area contributed by atoms with Gasteiger partial charge in [0.25, 0.3) is 5.91 Å². The van der Waals surface area contributed by atoms with Crippen LogP contribution in [-0.4, -0.2) is 35.0 Å². The quantitative estimate of drug-likeness (QED) is 0.793. The number of rotatable bonds is 5. The Balaban J connectivity index is 2.08. The number of nitrogens with zero attached hydrogens (tertiary/aromatic N) is 1. The third-order valence-corrected chi connectivity index (χ3v) is 2.81. The van der Waals surface area contributed by atoms with Crippen molar-refractivity contribution in [2.75, 3.05) is 7.11 Å². The molecule has 2 aromatic rings. The number of amides is 1. The second-order valence-corrected chi connectivity index (χ2v) is 4.20. The molecule has 0 unspecified atom stereocenters. The van der Waals surface area contributed by atoms with Crippen molar-refractivity contribution in [3.05, 3.63) is 54.1 Å². The Morgan fingerprint density at radius 1 is 1.35 bits per heavy atom. The molecule has 0 spiro atoms. The lowest BCUT2D eigenvalue weighted by Gasteiger charge is -2.15. The maximum atomic E-state index is 12.1. The molecule has 6 heteroatoms. The molecule has 0 aliphatic rings. The van der Waals surface area contributed by atoms with Gasteiger partial charge in [0.1, 0.15) is 6.04 Å². The van der Waals surface area contributed by atoms with Crippen molar-refractivity contribution in [2.24, 2.45) is 0 Å². The average molecular weight is 273 g/mol. The van der Waals surface area contributed by atoms with Gasteiger partial charge in [-0.25, -0.2) is 9.78 Å². The number of methoxy groups -OCH3 is 1. The van der Waals surface area contributed by atoms with Crippen LogP contribution < -0.4 is 5.32 Å². The highest BCUT2D eigenvalue weighted by atomic mass is 16.5. The summed E-state index contributed by atoms with van der Waals surface area (Å²) in [5.41, 5.74) is 1.24. The number of imidazole rings is 1. The van der Waals surface area contributed by atoms with Gasteiger partial charge in [0.2, 0.25) is 0 Å². The highest BCUT2D eigenvalue weighted by Gasteiger charge is 2.22. The van der Waals surface area contributed by atoms with Crippen LogP contribution in [0.15, 0.2) is 42.9 Å². The van der Waals surface area contributed by atoms with E-state index in [0.29, 0.717) is 12.0 Å². The molecule has 104 valence electrons. The molecule has 0 saturated heterocycles. The van der Waals surface area contributed by atoms with Crippen molar-refractivity contribution in [3.8, 4) is 0 Å². The van der Waals surface area contributed by atoms with Gasteiger partial charge in [0.05, 0.1) is 13.4 Å². The summed E-state index contributed by atoms with van der Waals surface area (Å²) in [6, 6.07) is 7.94. The van der Waals surface area contributed by atoms with Crippen LogP contribution in [0, 0.1) is 0 Å². The Morgan fingerprint density at radius 3 is 2.70 bits per heavy atom. The molecule has 0 fully saturated rings. The minimum Gasteiger partial charge on any atom is -0.467 e. The van der Waals surface area contributed by atoms with E-state index in [0.717, 1.165) is 5.69 Å². The summed E-state index contributed by atoms with van der Waals surface area (Å²) in [6.07, 6.45) is 3.42. The molecule has 6 nitrogen and oxygen atoms in total. The monoisotopic (exact) mass is 273 g/mol. The van der Waals surface area contributed by atoms with E-state index < -0.39 is 12.0 Å². The molecule has 1 amide bonds. The molecule has 1 aromatic heterocycles. The first-order valence-corrected chi connectivity index (χ1v) is 6.11. The number of hydrogen-bond donors (Lipinski definition) is 2. The molecule has 1 heterocycles. The van der Waals surface area contributed by atoms with Crippen molar-refractivity contribution in [2.45, 2.75) is 12.5 Å². The first kappa shape index (κ1) is 13.8. The Morgan fingerprint density at radius 2 is 2.10 bits per heavy atom. The number of benzene rings is 1. The summed E-state index contributed by atoms with van der Waals surface area (Å²) < 4.78 is 4.71. The number of aromatic amines is 1. The van der Waals surface area contributed by atoms with Gasteiger partial charge >= 0.3 is 5.97 Å². The van der Waals surface area contributed by atoms with E-state index in [1.807, 2.05) is 6.07 Å². The van der Waals surface area contributed by atoms with Gasteiger partial charge in [-0.15, -0.1) is 0 Å². The zero-order chi connectivity index (χ0) is 14.4. The molecule has 20 heavy (non-hydrogen) atoms. The number of nitrogens with one attached hydrogen (secondary N) is 2. The second-order valence-electron chi connectivity index (χ2n) is 4.20. The van der Waals surface area contributed by atoms with E-state index >= 15 is 0 Å². The summed E-state index contributed by atoms with van der Waals surface area (Å²) in [4.78, 5) is 30.6. The topological polar surface area (TPSA) is 84.1 Å². The molecule has 2 N–H and O–H groups in total. The van der Waals surface area contributed by atoms with Crippen molar-refractivity contribution >= 4 is 11.9 Å². The zero-order valence-corrected chi connectivity index (χ0v) is 11.0. The molecular weight excluding hydrogens is 258 g/mol. The average Bonchev–Trinajstić information content (AvgIpc) is 2.99. The molecule has 0 bridgehead atoms. The Labute approximate surface area is 116 Å². The fraction of sp³-hybridized carbons (Fsp3) is 0.214. The van der Waals surface area contributed by atoms with Crippen LogP contribution in [0.4, 0.5) is 0 Å². The van der Waals surface area contributed by atoms with E-state index in [4.69, 9.17) is 4.74 Å². The standard InChI is InChI=1S/C14H15N3O3/c1-20-14(19)12(7-11-8-15-9-16-11)17-13(18)10-5-3-2-4-6-10/h2-6,8-9,12H,7H2,1H3,(H,15,16)(H,17,18)/t12-/m1/s1. The molecule has 0 saturated carbocycles. The minimum absolute atomic E-state index is 0.297. The predicted molar refractivity (Wildman–Crippen MR) is 72.0 cm³/mol. The van der Waals surface area contributed by atoms with Gasteiger partial charge in [-0.05, 0) is 12.1 Å². The molecule has 0 aliphatic carbocycles. The van der Waals surface area contributed by atoms with E-state index in [-0.39, 0.29) is 5.91 Å². The van der Waals surface area contributed by atoms with E-state index in [2.05, 4.69) is 15.3 Å². The summed E-state index contributed by atoms with van der Waals surface area (Å²) >= 11 is 0. The lowest BCUT2D eigenvalue weighted by molar-refractivity contribution is -0.142. The van der Waals surface area contributed by atoms with Gasteiger partial charge in [0, 0.05) is 23.9 Å². The van der Waals surface area contributed by atoms with Crippen LogP contribution in [0.2, 0.25) is 0 Å². The summed E-state index contributed by atoms with van der Waals surface area (Å²) in [5, 5.41) is 2.66. The largest absolute Gasteiger partial charge is 0.467 e. The lowest BCUT2D eigenvalue weighted by atomic mass is 10.1. The molecule has 2 rings (SSSR count). The first-order chi connectivity index (χ1) is 9.70. The number of hydrogen-bond acceptors (Lipinski definition) is 4. The van der Waals surface area contributed by atoms with Crippen molar-refractivity contribution in [1.82, 2.24) is 15.3 Å². The molecular formula is C14H15N3O3. The predicted octanol–water partition coefficient (Wildman–Crippen LogP) is 0.924. The zero-order valence-electron chi connectivity index (χ0n) is 11.0. The molecule has 1 atom stereocenters. The van der Waals surface area contributed by atoms with Gasteiger partial charge in [-0.2, -0.15) is 0 Å². The number of esters is 1. The first-order valence-electron chi connectivity index (χ1n) is 6.11. The number of H-pyrrole nitrogens is 1.